The maximum Gasteiger partial charge on any atom is 0.250 e. The molecule has 2 heterocycles. The van der Waals surface area contributed by atoms with E-state index in [9.17, 15) is 0 Å². The topological polar surface area (TPSA) is 44.1 Å². The molecule has 206 valence electrons. The first-order chi connectivity index (χ1) is 20.8. The van der Waals surface area contributed by atoms with Gasteiger partial charge in [0.25, 0.3) is 0 Å². The van der Waals surface area contributed by atoms with Crippen molar-refractivity contribution in [2.24, 2.45) is 0 Å². The van der Waals surface area contributed by atoms with Gasteiger partial charge in [-0.05, 0) is 42.0 Å². The summed E-state index contributed by atoms with van der Waals surface area (Å²) < 4.78 is 19.2. The first kappa shape index (κ1) is 25.7. The highest BCUT2D eigenvalue weighted by atomic mass is 16.8. The zero-order valence-electron chi connectivity index (χ0n) is 23.1. The number of rotatable bonds is 6. The molecule has 0 aliphatic carbocycles. The second-order valence-corrected chi connectivity index (χ2v) is 10.0. The molecule has 5 nitrogen and oxygen atoms in total. The van der Waals surface area contributed by atoms with Crippen LogP contribution in [0.4, 0.5) is 5.69 Å². The molecule has 5 aromatic carbocycles. The normalized spacial score (nSPS) is 16.3. The standard InChI is InChI=1S/C37H29NO4/c1-39-31-24-22-28(23-25-31)35-36-32(34(40-35)27-16-8-3-9-17-27)33(26-14-6-2-7-15-26)38(30-20-12-5-13-21-30)42-37(41-36)29-18-10-4-11-19-29/h2-25,33,37H,1H3/t33-,37+/m1/s1. The van der Waals surface area contributed by atoms with Crippen molar-refractivity contribution in [1.29, 1.82) is 0 Å². The van der Waals surface area contributed by atoms with Crippen LogP contribution >= 0.6 is 0 Å². The lowest BCUT2D eigenvalue weighted by Gasteiger charge is -2.32. The molecule has 0 radical (unpaired) electrons. The van der Waals surface area contributed by atoms with Gasteiger partial charge in [0.15, 0.2) is 11.5 Å². The molecule has 0 bridgehead atoms. The van der Waals surface area contributed by atoms with Gasteiger partial charge in [-0.15, -0.1) is 0 Å². The fraction of sp³-hybridized carbons (Fsp3) is 0.0811. The monoisotopic (exact) mass is 551 g/mol. The zero-order valence-corrected chi connectivity index (χ0v) is 23.1. The van der Waals surface area contributed by atoms with Crippen molar-refractivity contribution in [3.63, 3.8) is 0 Å². The smallest absolute Gasteiger partial charge is 0.250 e. The maximum atomic E-state index is 6.90. The van der Waals surface area contributed by atoms with E-state index in [0.29, 0.717) is 11.5 Å². The van der Waals surface area contributed by atoms with Crippen LogP contribution in [0.1, 0.15) is 29.0 Å². The lowest BCUT2D eigenvalue weighted by Crippen LogP contribution is -2.30. The number of hydrogen-bond acceptors (Lipinski definition) is 5. The van der Waals surface area contributed by atoms with Crippen molar-refractivity contribution >= 4 is 5.69 Å². The van der Waals surface area contributed by atoms with E-state index in [-0.39, 0.29) is 6.04 Å². The summed E-state index contributed by atoms with van der Waals surface area (Å²) in [5.41, 5.74) is 5.54. The van der Waals surface area contributed by atoms with Crippen molar-refractivity contribution in [2.45, 2.75) is 12.3 Å². The highest BCUT2D eigenvalue weighted by Crippen LogP contribution is 2.53. The Morgan fingerprint density at radius 1 is 0.571 bits per heavy atom. The van der Waals surface area contributed by atoms with Crippen LogP contribution in [0.15, 0.2) is 150 Å². The minimum atomic E-state index is -0.739. The Morgan fingerprint density at radius 3 is 1.74 bits per heavy atom. The minimum Gasteiger partial charge on any atom is -0.497 e. The molecule has 0 amide bonds. The highest BCUT2D eigenvalue weighted by Gasteiger charge is 2.40. The van der Waals surface area contributed by atoms with Crippen LogP contribution in [0.5, 0.6) is 11.5 Å². The van der Waals surface area contributed by atoms with Gasteiger partial charge >= 0.3 is 0 Å². The van der Waals surface area contributed by atoms with E-state index in [1.54, 1.807) is 7.11 Å². The molecule has 0 saturated carbocycles. The predicted octanol–water partition coefficient (Wildman–Crippen LogP) is 9.24. The Hall–Kier alpha value is -5.26. The maximum absolute atomic E-state index is 6.90. The fourth-order valence-corrected chi connectivity index (χ4v) is 5.40. The van der Waals surface area contributed by atoms with Crippen molar-refractivity contribution in [3.8, 4) is 34.1 Å². The largest absolute Gasteiger partial charge is 0.497 e. The molecule has 6 aromatic rings. The molecular formula is C37H29NO4. The van der Waals surface area contributed by atoms with E-state index in [2.05, 4.69) is 36.4 Å². The quantitative estimate of drug-likeness (QED) is 0.206. The average Bonchev–Trinajstić information content (AvgIpc) is 3.34. The molecule has 42 heavy (non-hydrogen) atoms. The molecule has 7 rings (SSSR count). The summed E-state index contributed by atoms with van der Waals surface area (Å²) in [6.07, 6.45) is -0.739. The molecule has 0 unspecified atom stereocenters. The first-order valence-electron chi connectivity index (χ1n) is 13.9. The van der Waals surface area contributed by atoms with E-state index in [1.807, 2.05) is 114 Å². The third-order valence-corrected chi connectivity index (χ3v) is 7.43. The lowest BCUT2D eigenvalue weighted by molar-refractivity contribution is -0.0935. The average molecular weight is 552 g/mol. The van der Waals surface area contributed by atoms with Gasteiger partial charge in [0.1, 0.15) is 17.6 Å². The van der Waals surface area contributed by atoms with Crippen molar-refractivity contribution in [2.75, 3.05) is 12.2 Å². The molecule has 0 saturated heterocycles. The molecule has 1 aliphatic rings. The van der Waals surface area contributed by atoms with Gasteiger partial charge in [-0.25, -0.2) is 9.90 Å². The van der Waals surface area contributed by atoms with E-state index in [1.165, 1.54) is 0 Å². The van der Waals surface area contributed by atoms with Crippen molar-refractivity contribution in [3.05, 3.63) is 162 Å². The number of hydroxylamine groups is 1. The lowest BCUT2D eigenvalue weighted by atomic mass is 9.94. The van der Waals surface area contributed by atoms with Gasteiger partial charge in [-0.1, -0.05) is 109 Å². The van der Waals surface area contributed by atoms with Crippen LogP contribution in [0.3, 0.4) is 0 Å². The van der Waals surface area contributed by atoms with Crippen molar-refractivity contribution in [1.82, 2.24) is 0 Å². The number of ether oxygens (including phenoxy) is 2. The zero-order chi connectivity index (χ0) is 28.3. The SMILES string of the molecule is COc1ccc(-c2oc(-c3ccccc3)c3c2O[C@H](c2ccccc2)ON(c2ccccc2)[C@@H]3c2ccccc2)cc1. The Balaban J connectivity index is 1.54. The number of para-hydroxylation sites is 1. The van der Waals surface area contributed by atoms with Crippen LogP contribution in [-0.4, -0.2) is 7.11 Å². The number of fused-ring (bicyclic) bond motifs is 1. The summed E-state index contributed by atoms with van der Waals surface area (Å²) in [5.74, 6) is 2.76. The number of nitrogens with zero attached hydrogens (tertiary/aromatic N) is 1. The van der Waals surface area contributed by atoms with Crippen LogP contribution in [-0.2, 0) is 4.84 Å². The Morgan fingerprint density at radius 2 is 1.12 bits per heavy atom. The summed E-state index contributed by atoms with van der Waals surface area (Å²) in [6, 6.07) is 48.1. The predicted molar refractivity (Wildman–Crippen MR) is 164 cm³/mol. The minimum absolute atomic E-state index is 0.386. The molecule has 0 fully saturated rings. The van der Waals surface area contributed by atoms with Gasteiger partial charge < -0.3 is 13.9 Å². The summed E-state index contributed by atoms with van der Waals surface area (Å²) in [7, 11) is 1.66. The van der Waals surface area contributed by atoms with Gasteiger partial charge in [0.2, 0.25) is 6.29 Å². The second-order valence-electron chi connectivity index (χ2n) is 10.0. The molecule has 0 N–H and O–H groups in total. The molecule has 1 aromatic heterocycles. The van der Waals surface area contributed by atoms with E-state index in [4.69, 9.17) is 18.7 Å². The molecule has 5 heteroatoms. The molecule has 0 spiro atoms. The Kier molecular flexibility index (Phi) is 6.92. The number of furan rings is 1. The van der Waals surface area contributed by atoms with E-state index in [0.717, 1.165) is 45.0 Å². The van der Waals surface area contributed by atoms with Crippen LogP contribution in [0.25, 0.3) is 22.6 Å². The summed E-state index contributed by atoms with van der Waals surface area (Å²) >= 11 is 0. The van der Waals surface area contributed by atoms with E-state index >= 15 is 0 Å². The number of benzene rings is 5. The van der Waals surface area contributed by atoms with E-state index < -0.39 is 6.29 Å². The van der Waals surface area contributed by atoms with Crippen LogP contribution < -0.4 is 14.5 Å². The third-order valence-electron chi connectivity index (χ3n) is 7.43. The molecular weight excluding hydrogens is 522 g/mol. The summed E-state index contributed by atoms with van der Waals surface area (Å²) in [5, 5.41) is 1.96. The molecule has 2 atom stereocenters. The van der Waals surface area contributed by atoms with Gasteiger partial charge in [0, 0.05) is 16.7 Å². The number of methoxy groups -OCH3 is 1. The molecule has 1 aliphatic heterocycles. The Bertz CT molecular complexity index is 1750. The number of hydrogen-bond donors (Lipinski definition) is 0. The van der Waals surface area contributed by atoms with Gasteiger partial charge in [-0.2, -0.15) is 0 Å². The Labute approximate surface area is 245 Å². The number of anilines is 1. The second kappa shape index (κ2) is 11.3. The van der Waals surface area contributed by atoms with Crippen LogP contribution in [0, 0.1) is 0 Å². The van der Waals surface area contributed by atoms with Crippen molar-refractivity contribution < 1.29 is 18.7 Å². The summed E-state index contributed by atoms with van der Waals surface area (Å²) in [4.78, 5) is 6.86. The first-order valence-corrected chi connectivity index (χ1v) is 13.9. The fourth-order valence-electron chi connectivity index (χ4n) is 5.40. The summed E-state index contributed by atoms with van der Waals surface area (Å²) in [6.45, 7) is 0. The van der Waals surface area contributed by atoms with Crippen LogP contribution in [0.2, 0.25) is 0 Å². The van der Waals surface area contributed by atoms with Gasteiger partial charge in [0.05, 0.1) is 18.4 Å². The third kappa shape index (κ3) is 4.80. The highest BCUT2D eigenvalue weighted by molar-refractivity contribution is 5.78. The van der Waals surface area contributed by atoms with Gasteiger partial charge in [-0.3, -0.25) is 0 Å².